The minimum absolute atomic E-state index is 0.0658. The van der Waals surface area contributed by atoms with Crippen LogP contribution in [0.25, 0.3) is 10.9 Å². The predicted molar refractivity (Wildman–Crippen MR) is 92.7 cm³/mol. The van der Waals surface area contributed by atoms with Gasteiger partial charge in [0.1, 0.15) is 11.6 Å². The lowest BCUT2D eigenvalue weighted by atomic mass is 10.0. The van der Waals surface area contributed by atoms with Crippen molar-refractivity contribution in [2.24, 2.45) is 5.92 Å². The Kier molecular flexibility index (Phi) is 3.68. The summed E-state index contributed by atoms with van der Waals surface area (Å²) < 4.78 is 15.1. The zero-order valence-electron chi connectivity index (χ0n) is 13.6. The summed E-state index contributed by atoms with van der Waals surface area (Å²) in [6.07, 6.45) is 2.43. The molecule has 0 saturated carbocycles. The molecular formula is C20H19FN2O. The van der Waals surface area contributed by atoms with Gasteiger partial charge in [-0.1, -0.05) is 25.1 Å². The molecule has 1 aliphatic rings. The van der Waals surface area contributed by atoms with Gasteiger partial charge < -0.3 is 0 Å². The monoisotopic (exact) mass is 322 g/mol. The molecule has 4 heteroatoms. The summed E-state index contributed by atoms with van der Waals surface area (Å²) in [7, 11) is 0. The van der Waals surface area contributed by atoms with E-state index in [0.29, 0.717) is 11.3 Å². The van der Waals surface area contributed by atoms with Crippen molar-refractivity contribution in [1.29, 1.82) is 0 Å². The fourth-order valence-electron chi connectivity index (χ4n) is 3.48. The first kappa shape index (κ1) is 15.1. The molecule has 24 heavy (non-hydrogen) atoms. The lowest BCUT2D eigenvalue weighted by molar-refractivity contribution is 0.558. The molecule has 0 aliphatic carbocycles. The van der Waals surface area contributed by atoms with Gasteiger partial charge in [-0.25, -0.2) is 9.37 Å². The fourth-order valence-corrected chi connectivity index (χ4v) is 3.48. The van der Waals surface area contributed by atoms with Crippen LogP contribution in [0.4, 0.5) is 4.39 Å². The van der Waals surface area contributed by atoms with Crippen molar-refractivity contribution in [1.82, 2.24) is 9.55 Å². The number of halogens is 1. The van der Waals surface area contributed by atoms with E-state index in [4.69, 9.17) is 4.98 Å². The van der Waals surface area contributed by atoms with Crippen molar-refractivity contribution in [2.45, 2.75) is 32.7 Å². The molecule has 0 radical (unpaired) electrons. The number of aryl methyl sites for hydroxylation is 2. The minimum Gasteiger partial charge on any atom is -0.296 e. The van der Waals surface area contributed by atoms with Crippen molar-refractivity contribution in [2.75, 3.05) is 0 Å². The molecule has 122 valence electrons. The van der Waals surface area contributed by atoms with Gasteiger partial charge in [-0.05, 0) is 54.2 Å². The molecule has 0 bridgehead atoms. The zero-order valence-corrected chi connectivity index (χ0v) is 13.6. The van der Waals surface area contributed by atoms with E-state index in [1.807, 2.05) is 24.3 Å². The van der Waals surface area contributed by atoms with E-state index in [1.54, 1.807) is 16.7 Å². The van der Waals surface area contributed by atoms with Gasteiger partial charge in [0.15, 0.2) is 0 Å². The van der Waals surface area contributed by atoms with Crippen LogP contribution in [0.2, 0.25) is 0 Å². The molecule has 1 unspecified atom stereocenters. The van der Waals surface area contributed by atoms with Gasteiger partial charge in [-0.2, -0.15) is 0 Å². The molecular weight excluding hydrogens is 303 g/mol. The highest BCUT2D eigenvalue weighted by atomic mass is 19.1. The average Bonchev–Trinajstić information content (AvgIpc) is 2.93. The standard InChI is InChI=1S/C20H19FN2O/c1-13-9-19-22-18-11-15(6-5-14-3-2-4-16(21)10-14)7-8-17(18)20(24)23(19)12-13/h2-4,7-8,10-11,13H,5-6,9,12H2,1H3. The summed E-state index contributed by atoms with van der Waals surface area (Å²) in [5.74, 6) is 1.15. The third-order valence-corrected chi connectivity index (χ3v) is 4.72. The lowest BCUT2D eigenvalue weighted by Gasteiger charge is -2.07. The average molecular weight is 322 g/mol. The second-order valence-electron chi connectivity index (χ2n) is 6.73. The van der Waals surface area contributed by atoms with Gasteiger partial charge in [0.05, 0.1) is 10.9 Å². The molecule has 2 heterocycles. The zero-order chi connectivity index (χ0) is 16.7. The second kappa shape index (κ2) is 5.86. The number of nitrogens with zero attached hydrogens (tertiary/aromatic N) is 2. The van der Waals surface area contributed by atoms with Crippen LogP contribution in [0.15, 0.2) is 47.3 Å². The van der Waals surface area contributed by atoms with E-state index < -0.39 is 0 Å². The SMILES string of the molecule is CC1Cc2nc3cc(CCc4cccc(F)c4)ccc3c(=O)n2C1. The quantitative estimate of drug-likeness (QED) is 0.739. The van der Waals surface area contributed by atoms with E-state index >= 15 is 0 Å². The van der Waals surface area contributed by atoms with Gasteiger partial charge in [0.2, 0.25) is 0 Å². The van der Waals surface area contributed by atoms with Crippen LogP contribution in [0, 0.1) is 11.7 Å². The molecule has 1 aliphatic heterocycles. The molecule has 0 spiro atoms. The van der Waals surface area contributed by atoms with E-state index in [1.165, 1.54) is 6.07 Å². The van der Waals surface area contributed by atoms with Crippen molar-refractivity contribution in [3.05, 3.63) is 75.6 Å². The molecule has 4 rings (SSSR count). The number of hydrogen-bond donors (Lipinski definition) is 0. The number of rotatable bonds is 3. The van der Waals surface area contributed by atoms with Crippen LogP contribution in [0.5, 0.6) is 0 Å². The molecule has 1 atom stereocenters. The van der Waals surface area contributed by atoms with Crippen molar-refractivity contribution in [3.63, 3.8) is 0 Å². The Morgan fingerprint density at radius 2 is 1.96 bits per heavy atom. The van der Waals surface area contributed by atoms with Crippen LogP contribution in [0.1, 0.15) is 23.9 Å². The summed E-state index contributed by atoms with van der Waals surface area (Å²) in [6.45, 7) is 2.90. The lowest BCUT2D eigenvalue weighted by Crippen LogP contribution is -2.21. The van der Waals surface area contributed by atoms with E-state index in [9.17, 15) is 9.18 Å². The number of hydrogen-bond acceptors (Lipinski definition) is 2. The van der Waals surface area contributed by atoms with Crippen LogP contribution < -0.4 is 5.56 Å². The molecule has 3 nitrogen and oxygen atoms in total. The van der Waals surface area contributed by atoms with Crippen LogP contribution in [-0.2, 0) is 25.8 Å². The van der Waals surface area contributed by atoms with Gasteiger partial charge >= 0.3 is 0 Å². The number of fused-ring (bicyclic) bond motifs is 2. The number of benzene rings is 2. The van der Waals surface area contributed by atoms with E-state index in [0.717, 1.165) is 48.3 Å². The minimum atomic E-state index is -0.203. The maximum absolute atomic E-state index is 13.3. The molecule has 1 aromatic heterocycles. The third kappa shape index (κ3) is 2.73. The summed E-state index contributed by atoms with van der Waals surface area (Å²) in [5.41, 5.74) is 2.94. The third-order valence-electron chi connectivity index (χ3n) is 4.72. The van der Waals surface area contributed by atoms with Crippen molar-refractivity contribution >= 4 is 10.9 Å². The molecule has 0 amide bonds. The predicted octanol–water partition coefficient (Wildman–Crippen LogP) is 3.51. The van der Waals surface area contributed by atoms with Gasteiger partial charge in [-0.15, -0.1) is 0 Å². The van der Waals surface area contributed by atoms with Crippen LogP contribution in [0.3, 0.4) is 0 Å². The van der Waals surface area contributed by atoms with Gasteiger partial charge in [-0.3, -0.25) is 9.36 Å². The van der Waals surface area contributed by atoms with Crippen molar-refractivity contribution < 1.29 is 4.39 Å². The summed E-state index contributed by atoms with van der Waals surface area (Å²) in [5, 5.41) is 0.683. The molecule has 2 aromatic carbocycles. The highest BCUT2D eigenvalue weighted by molar-refractivity contribution is 5.78. The molecule has 0 saturated heterocycles. The number of aromatic nitrogens is 2. The topological polar surface area (TPSA) is 34.9 Å². The summed E-state index contributed by atoms with van der Waals surface area (Å²) in [6, 6.07) is 12.6. The maximum Gasteiger partial charge on any atom is 0.261 e. The largest absolute Gasteiger partial charge is 0.296 e. The first-order chi connectivity index (χ1) is 11.6. The Balaban J connectivity index is 1.64. The fraction of sp³-hybridized carbons (Fsp3) is 0.300. The first-order valence-corrected chi connectivity index (χ1v) is 8.37. The van der Waals surface area contributed by atoms with Crippen LogP contribution >= 0.6 is 0 Å². The molecule has 0 N–H and O–H groups in total. The highest BCUT2D eigenvalue weighted by Crippen LogP contribution is 2.20. The molecule has 0 fully saturated rings. The smallest absolute Gasteiger partial charge is 0.261 e. The summed E-state index contributed by atoms with van der Waals surface area (Å²) in [4.78, 5) is 17.3. The Morgan fingerprint density at radius 1 is 1.17 bits per heavy atom. The molecule has 3 aromatic rings. The Bertz CT molecular complexity index is 977. The first-order valence-electron chi connectivity index (χ1n) is 8.37. The second-order valence-corrected chi connectivity index (χ2v) is 6.73. The van der Waals surface area contributed by atoms with Gasteiger partial charge in [0.25, 0.3) is 5.56 Å². The van der Waals surface area contributed by atoms with Crippen LogP contribution in [-0.4, -0.2) is 9.55 Å². The highest BCUT2D eigenvalue weighted by Gasteiger charge is 2.21. The van der Waals surface area contributed by atoms with Crippen molar-refractivity contribution in [3.8, 4) is 0 Å². The normalized spacial score (nSPS) is 16.5. The Morgan fingerprint density at radius 3 is 2.75 bits per heavy atom. The summed E-state index contributed by atoms with van der Waals surface area (Å²) >= 11 is 0. The van der Waals surface area contributed by atoms with E-state index in [-0.39, 0.29) is 11.4 Å². The van der Waals surface area contributed by atoms with E-state index in [2.05, 4.69) is 6.92 Å². The van der Waals surface area contributed by atoms with Gasteiger partial charge in [0, 0.05) is 13.0 Å². The Hall–Kier alpha value is -2.49. The maximum atomic E-state index is 13.3. The Labute approximate surface area is 139 Å².